The van der Waals surface area contributed by atoms with Gasteiger partial charge in [-0.1, -0.05) is 44.1 Å². The quantitative estimate of drug-likeness (QED) is 0.477. The first kappa shape index (κ1) is 18.7. The minimum Gasteiger partial charge on any atom is -0.461 e. The monoisotopic (exact) mass is 371 g/mol. The summed E-state index contributed by atoms with van der Waals surface area (Å²) in [6.07, 6.45) is 7.99. The Morgan fingerprint density at radius 2 is 2.07 bits per heavy atom. The molecule has 1 saturated heterocycles. The number of carbonyl (C=O) groups is 1. The van der Waals surface area contributed by atoms with Crippen molar-refractivity contribution in [3.8, 4) is 0 Å². The van der Waals surface area contributed by atoms with Crippen molar-refractivity contribution in [3.63, 3.8) is 0 Å². The lowest BCUT2D eigenvalue weighted by Gasteiger charge is -2.46. The zero-order chi connectivity index (χ0) is 19.0. The molecule has 1 aliphatic heterocycles. The largest absolute Gasteiger partial charge is 0.461 e. The maximum atomic E-state index is 13.0. The summed E-state index contributed by atoms with van der Waals surface area (Å²) in [6, 6.07) is 6.61. The van der Waals surface area contributed by atoms with E-state index in [-0.39, 0.29) is 35.1 Å². The fourth-order valence-electron chi connectivity index (χ4n) is 5.42. The van der Waals surface area contributed by atoms with Gasteiger partial charge in [0.1, 0.15) is 11.9 Å². The fourth-order valence-corrected chi connectivity index (χ4v) is 5.42. The molecule has 1 aromatic rings. The predicted molar refractivity (Wildman–Crippen MR) is 104 cm³/mol. The van der Waals surface area contributed by atoms with Gasteiger partial charge in [-0.25, -0.2) is 4.39 Å². The van der Waals surface area contributed by atoms with Crippen LogP contribution in [-0.4, -0.2) is 25.2 Å². The second-order valence-electron chi connectivity index (χ2n) is 8.92. The molecule has 0 radical (unpaired) electrons. The maximum absolute atomic E-state index is 13.0. The summed E-state index contributed by atoms with van der Waals surface area (Å²) in [5.41, 5.74) is 2.87. The average molecular weight is 371 g/mol. The van der Waals surface area contributed by atoms with Gasteiger partial charge in [0.2, 0.25) is 0 Å². The van der Waals surface area contributed by atoms with E-state index in [1.165, 1.54) is 31.4 Å². The van der Waals surface area contributed by atoms with Gasteiger partial charge in [-0.2, -0.15) is 0 Å². The lowest BCUT2D eigenvalue weighted by molar-refractivity contribution is -0.145. The fraction of sp³-hybridized carbons (Fsp3) is 0.609. The number of esters is 1. The number of ether oxygens (including phenoxy) is 1. The SMILES string of the molecule is C[C@H]1CCC[C@]2(C)C[C@H]3OC(=O)C(CNCCc4ccc(F)cc4)[C@H]3C=C12. The maximum Gasteiger partial charge on any atom is 0.311 e. The molecular formula is C23H30FNO2. The van der Waals surface area contributed by atoms with Gasteiger partial charge >= 0.3 is 5.97 Å². The van der Waals surface area contributed by atoms with Crippen molar-refractivity contribution in [3.05, 3.63) is 47.3 Å². The van der Waals surface area contributed by atoms with Crippen molar-refractivity contribution < 1.29 is 13.9 Å². The van der Waals surface area contributed by atoms with E-state index in [2.05, 4.69) is 25.2 Å². The van der Waals surface area contributed by atoms with E-state index in [9.17, 15) is 9.18 Å². The highest BCUT2D eigenvalue weighted by Gasteiger charge is 2.51. The Hall–Kier alpha value is -1.68. The lowest BCUT2D eigenvalue weighted by Crippen LogP contribution is -2.40. The topological polar surface area (TPSA) is 38.3 Å². The number of carbonyl (C=O) groups excluding carboxylic acids is 1. The highest BCUT2D eigenvalue weighted by atomic mass is 19.1. The number of halogens is 1. The van der Waals surface area contributed by atoms with E-state index < -0.39 is 0 Å². The second kappa shape index (κ2) is 7.38. The van der Waals surface area contributed by atoms with Crippen LogP contribution in [0.15, 0.2) is 35.9 Å². The number of fused-ring (bicyclic) bond motifs is 2. The average Bonchev–Trinajstić information content (AvgIpc) is 2.92. The predicted octanol–water partition coefficient (Wildman–Crippen LogP) is 4.27. The zero-order valence-electron chi connectivity index (χ0n) is 16.3. The van der Waals surface area contributed by atoms with Crippen LogP contribution < -0.4 is 5.32 Å². The molecule has 3 nitrogen and oxygen atoms in total. The number of benzene rings is 1. The normalized spacial score (nSPS) is 35.2. The molecule has 2 fully saturated rings. The Labute approximate surface area is 161 Å². The molecule has 0 spiro atoms. The first-order valence-electron chi connectivity index (χ1n) is 10.3. The molecule has 1 N–H and O–H groups in total. The number of nitrogens with one attached hydrogen (secondary N) is 1. The van der Waals surface area contributed by atoms with Crippen LogP contribution in [0.25, 0.3) is 0 Å². The van der Waals surface area contributed by atoms with Gasteiger partial charge in [-0.3, -0.25) is 4.79 Å². The number of hydrogen-bond acceptors (Lipinski definition) is 3. The van der Waals surface area contributed by atoms with Crippen molar-refractivity contribution in [2.75, 3.05) is 13.1 Å². The minimum atomic E-state index is -0.208. The van der Waals surface area contributed by atoms with Crippen molar-refractivity contribution in [2.45, 2.75) is 52.1 Å². The zero-order valence-corrected chi connectivity index (χ0v) is 16.3. The molecule has 0 amide bonds. The van der Waals surface area contributed by atoms with Gasteiger partial charge in [0.15, 0.2) is 0 Å². The third-order valence-corrected chi connectivity index (χ3v) is 6.95. The smallest absolute Gasteiger partial charge is 0.311 e. The van der Waals surface area contributed by atoms with Crippen molar-refractivity contribution in [2.24, 2.45) is 23.2 Å². The number of allylic oxidation sites excluding steroid dienone is 1. The molecule has 2 aliphatic carbocycles. The van der Waals surface area contributed by atoms with E-state index in [0.717, 1.165) is 24.9 Å². The molecular weight excluding hydrogens is 341 g/mol. The van der Waals surface area contributed by atoms with Crippen LogP contribution in [-0.2, 0) is 16.0 Å². The van der Waals surface area contributed by atoms with Gasteiger partial charge in [-0.15, -0.1) is 0 Å². The van der Waals surface area contributed by atoms with E-state index in [1.807, 2.05) is 12.1 Å². The van der Waals surface area contributed by atoms with E-state index in [4.69, 9.17) is 4.74 Å². The Balaban J connectivity index is 1.38. The summed E-state index contributed by atoms with van der Waals surface area (Å²) in [5, 5.41) is 3.42. The summed E-state index contributed by atoms with van der Waals surface area (Å²) >= 11 is 0. The summed E-state index contributed by atoms with van der Waals surface area (Å²) in [4.78, 5) is 12.5. The molecule has 1 aromatic carbocycles. The summed E-state index contributed by atoms with van der Waals surface area (Å²) in [6.45, 7) is 6.11. The summed E-state index contributed by atoms with van der Waals surface area (Å²) in [7, 11) is 0. The molecule has 3 aliphatic rings. The highest BCUT2D eigenvalue weighted by Crippen LogP contribution is 2.53. The third-order valence-electron chi connectivity index (χ3n) is 6.95. The second-order valence-corrected chi connectivity index (χ2v) is 8.92. The van der Waals surface area contributed by atoms with E-state index in [0.29, 0.717) is 12.5 Å². The molecule has 4 heteroatoms. The van der Waals surface area contributed by atoms with Crippen LogP contribution in [0.5, 0.6) is 0 Å². The standard InChI is InChI=1S/C23H30FNO2/c1-15-4-3-10-23(2)13-21-18(12-20(15)23)19(22(26)27-21)14-25-11-9-16-5-7-17(24)8-6-16/h5-8,12,15,18-19,21,25H,3-4,9-11,13-14H2,1-2H3/t15-,18+,19?,21+,23+/m0/s1. The highest BCUT2D eigenvalue weighted by molar-refractivity contribution is 5.76. The van der Waals surface area contributed by atoms with Crippen LogP contribution >= 0.6 is 0 Å². The molecule has 1 unspecified atom stereocenters. The van der Waals surface area contributed by atoms with Crippen LogP contribution in [0.4, 0.5) is 4.39 Å². The first-order valence-corrected chi connectivity index (χ1v) is 10.3. The molecule has 0 bridgehead atoms. The molecule has 1 heterocycles. The van der Waals surface area contributed by atoms with Crippen LogP contribution in [0, 0.1) is 29.0 Å². The van der Waals surface area contributed by atoms with Crippen molar-refractivity contribution in [1.29, 1.82) is 0 Å². The number of rotatable bonds is 5. The van der Waals surface area contributed by atoms with Crippen LogP contribution in [0.3, 0.4) is 0 Å². The van der Waals surface area contributed by atoms with Crippen LogP contribution in [0.1, 0.15) is 45.1 Å². The van der Waals surface area contributed by atoms with Gasteiger partial charge < -0.3 is 10.1 Å². The minimum absolute atomic E-state index is 0.0421. The molecule has 27 heavy (non-hydrogen) atoms. The van der Waals surface area contributed by atoms with E-state index >= 15 is 0 Å². The van der Waals surface area contributed by atoms with E-state index in [1.54, 1.807) is 5.57 Å². The lowest BCUT2D eigenvalue weighted by atomic mass is 9.59. The Bertz CT molecular complexity index is 728. The van der Waals surface area contributed by atoms with Gasteiger partial charge in [0, 0.05) is 12.5 Å². The molecule has 146 valence electrons. The first-order chi connectivity index (χ1) is 13.0. The van der Waals surface area contributed by atoms with Crippen molar-refractivity contribution >= 4 is 5.97 Å². The van der Waals surface area contributed by atoms with Gasteiger partial charge in [0.05, 0.1) is 5.92 Å². The third kappa shape index (κ3) is 3.69. The van der Waals surface area contributed by atoms with Gasteiger partial charge in [-0.05, 0) is 61.3 Å². The molecule has 1 saturated carbocycles. The number of hydrogen-bond donors (Lipinski definition) is 1. The summed E-state index contributed by atoms with van der Waals surface area (Å²) < 4.78 is 18.8. The Kier molecular flexibility index (Phi) is 5.11. The van der Waals surface area contributed by atoms with Crippen molar-refractivity contribution in [1.82, 2.24) is 5.32 Å². The molecule has 0 aromatic heterocycles. The Morgan fingerprint density at radius 1 is 1.30 bits per heavy atom. The van der Waals surface area contributed by atoms with Crippen LogP contribution in [0.2, 0.25) is 0 Å². The molecule has 5 atom stereocenters. The molecule has 4 rings (SSSR count). The van der Waals surface area contributed by atoms with Gasteiger partial charge in [0.25, 0.3) is 0 Å². The Morgan fingerprint density at radius 3 is 2.85 bits per heavy atom. The summed E-state index contributed by atoms with van der Waals surface area (Å²) in [5.74, 6) is 0.480.